The molecule has 11 heteroatoms. The molecule has 0 radical (unpaired) electrons. The number of nitrogens with zero attached hydrogens (tertiary/aromatic N) is 3. The molecule has 32 heavy (non-hydrogen) atoms. The monoisotopic (exact) mass is 462 g/mol. The van der Waals surface area contributed by atoms with Gasteiger partial charge in [0, 0.05) is 38.8 Å². The van der Waals surface area contributed by atoms with Gasteiger partial charge in [-0.2, -0.15) is 13.2 Å². The van der Waals surface area contributed by atoms with Crippen molar-refractivity contribution in [2.45, 2.75) is 6.18 Å². The highest BCUT2D eigenvalue weighted by Gasteiger charge is 2.35. The first-order valence-corrected chi connectivity index (χ1v) is 10.7. The second-order valence-electron chi connectivity index (χ2n) is 7.72. The van der Waals surface area contributed by atoms with Crippen molar-refractivity contribution in [3.63, 3.8) is 0 Å². The minimum Gasteiger partial charge on any atom is -0.492 e. The number of nitrogens with one attached hydrogen (secondary N) is 3. The van der Waals surface area contributed by atoms with Crippen molar-refractivity contribution >= 4 is 40.0 Å². The molecule has 1 saturated heterocycles. The molecule has 0 aliphatic carbocycles. The molecule has 0 amide bonds. The van der Waals surface area contributed by atoms with Crippen LogP contribution in [-0.2, 0) is 6.18 Å². The second kappa shape index (κ2) is 8.14. The van der Waals surface area contributed by atoms with E-state index in [9.17, 15) is 13.2 Å². The Kier molecular flexibility index (Phi) is 5.30. The van der Waals surface area contributed by atoms with Crippen LogP contribution in [0.5, 0.6) is 5.75 Å². The number of rotatable bonds is 5. The van der Waals surface area contributed by atoms with Gasteiger partial charge in [0.2, 0.25) is 5.82 Å². The number of H-pyrrole nitrogens is 3. The maximum absolute atomic E-state index is 13.0. The van der Waals surface area contributed by atoms with Gasteiger partial charge in [0.05, 0.1) is 22.2 Å². The normalized spacial score (nSPS) is 15.7. The number of aromatic amines is 3. The van der Waals surface area contributed by atoms with Gasteiger partial charge in [0.25, 0.3) is 0 Å². The van der Waals surface area contributed by atoms with Crippen LogP contribution in [0.3, 0.4) is 0 Å². The van der Waals surface area contributed by atoms with Gasteiger partial charge in [-0.05, 0) is 36.5 Å². The first kappa shape index (κ1) is 20.8. The second-order valence-corrected chi connectivity index (χ2v) is 8.13. The molecule has 0 spiro atoms. The van der Waals surface area contributed by atoms with Gasteiger partial charge in [0.15, 0.2) is 4.77 Å². The Morgan fingerprint density at radius 3 is 2.53 bits per heavy atom. The minimum atomic E-state index is -4.49. The average Bonchev–Trinajstić information content (AvgIpc) is 3.36. The zero-order chi connectivity index (χ0) is 22.3. The lowest BCUT2D eigenvalue weighted by Gasteiger charge is -2.36. The third kappa shape index (κ3) is 4.17. The van der Waals surface area contributed by atoms with Crippen molar-refractivity contribution in [3.05, 3.63) is 47.0 Å². The van der Waals surface area contributed by atoms with Crippen molar-refractivity contribution in [1.82, 2.24) is 24.8 Å². The molecule has 168 valence electrons. The van der Waals surface area contributed by atoms with Gasteiger partial charge in [-0.25, -0.2) is 4.98 Å². The van der Waals surface area contributed by atoms with E-state index in [1.807, 2.05) is 24.3 Å². The summed E-state index contributed by atoms with van der Waals surface area (Å²) in [6.45, 7) is 4.30. The summed E-state index contributed by atoms with van der Waals surface area (Å²) < 4.78 is 45.6. The van der Waals surface area contributed by atoms with Gasteiger partial charge in [-0.15, -0.1) is 0 Å². The summed E-state index contributed by atoms with van der Waals surface area (Å²) in [6.07, 6.45) is -4.49. The lowest BCUT2D eigenvalue weighted by atomic mass is 10.2. The Hall–Kier alpha value is -3.05. The summed E-state index contributed by atoms with van der Waals surface area (Å²) in [5.41, 5.74) is 3.32. The minimum absolute atomic E-state index is 0.357. The lowest BCUT2D eigenvalue weighted by molar-refractivity contribution is -0.144. The molecule has 0 saturated carbocycles. The predicted octanol–water partition coefficient (Wildman–Crippen LogP) is 4.32. The van der Waals surface area contributed by atoms with E-state index in [-0.39, 0.29) is 0 Å². The number of piperazine rings is 1. The smallest absolute Gasteiger partial charge is 0.449 e. The van der Waals surface area contributed by atoms with Gasteiger partial charge < -0.3 is 24.6 Å². The number of imidazole rings is 2. The first-order valence-electron chi connectivity index (χ1n) is 10.2. The number of hydrogen-bond donors (Lipinski definition) is 3. The van der Waals surface area contributed by atoms with Crippen LogP contribution >= 0.6 is 12.2 Å². The maximum atomic E-state index is 13.0. The zero-order valence-electron chi connectivity index (χ0n) is 17.0. The highest BCUT2D eigenvalue weighted by Crippen LogP contribution is 2.32. The number of hydrogen-bond acceptors (Lipinski definition) is 5. The summed E-state index contributed by atoms with van der Waals surface area (Å²) in [7, 11) is 0. The van der Waals surface area contributed by atoms with Gasteiger partial charge in [-0.1, -0.05) is 6.07 Å². The molecule has 3 N–H and O–H groups in total. The van der Waals surface area contributed by atoms with Crippen molar-refractivity contribution in [1.29, 1.82) is 0 Å². The van der Waals surface area contributed by atoms with E-state index in [0.717, 1.165) is 42.1 Å². The molecule has 5 rings (SSSR count). The van der Waals surface area contributed by atoms with Crippen molar-refractivity contribution in [2.24, 2.45) is 0 Å². The third-order valence-electron chi connectivity index (χ3n) is 5.64. The van der Waals surface area contributed by atoms with Crippen molar-refractivity contribution in [3.8, 4) is 5.75 Å². The Bertz CT molecular complexity index is 1300. The predicted molar refractivity (Wildman–Crippen MR) is 119 cm³/mol. The molecule has 3 heterocycles. The SMILES string of the molecule is FC(F)(F)c1nc2c(N3CCN(CCOc4ccc5[nH]c(=S)[nH]c5c4)CC3)cccc2[nH]1. The van der Waals surface area contributed by atoms with Crippen LogP contribution in [0.1, 0.15) is 5.82 Å². The van der Waals surface area contributed by atoms with Crippen molar-refractivity contribution < 1.29 is 17.9 Å². The Morgan fingerprint density at radius 1 is 0.969 bits per heavy atom. The molecule has 2 aromatic heterocycles. The Labute approximate surface area is 186 Å². The molecule has 7 nitrogen and oxygen atoms in total. The highest BCUT2D eigenvalue weighted by atomic mass is 32.1. The molecular weight excluding hydrogens is 441 g/mol. The topological polar surface area (TPSA) is 76.0 Å². The molecule has 2 aromatic carbocycles. The van der Waals surface area contributed by atoms with E-state index in [1.165, 1.54) is 0 Å². The molecule has 0 atom stereocenters. The number of halogens is 3. The van der Waals surface area contributed by atoms with Crippen LogP contribution in [0.4, 0.5) is 18.9 Å². The quantitative estimate of drug-likeness (QED) is 0.385. The largest absolute Gasteiger partial charge is 0.492 e. The van der Waals surface area contributed by atoms with E-state index in [4.69, 9.17) is 17.0 Å². The number of anilines is 1. The molecule has 1 fully saturated rings. The van der Waals surface area contributed by atoms with Crippen LogP contribution < -0.4 is 9.64 Å². The van der Waals surface area contributed by atoms with Crippen molar-refractivity contribution in [2.75, 3.05) is 44.2 Å². The summed E-state index contributed by atoms with van der Waals surface area (Å²) in [4.78, 5) is 16.7. The molecule has 1 aliphatic heterocycles. The molecule has 1 aliphatic rings. The number of alkyl halides is 3. The fourth-order valence-electron chi connectivity index (χ4n) is 4.01. The van der Waals surface area contributed by atoms with Crippen LogP contribution in [-0.4, -0.2) is 64.2 Å². The average molecular weight is 463 g/mol. The molecule has 0 bridgehead atoms. The third-order valence-corrected chi connectivity index (χ3v) is 5.84. The molecule has 4 aromatic rings. The fraction of sp³-hybridized carbons (Fsp3) is 0.333. The van der Waals surface area contributed by atoms with E-state index in [0.29, 0.717) is 35.5 Å². The Morgan fingerprint density at radius 2 is 1.75 bits per heavy atom. The number of ether oxygens (including phenoxy) is 1. The van der Waals surface area contributed by atoms with E-state index in [1.54, 1.807) is 12.1 Å². The number of para-hydroxylation sites is 1. The summed E-state index contributed by atoms with van der Waals surface area (Å²) in [6, 6.07) is 10.9. The van der Waals surface area contributed by atoms with E-state index in [2.05, 4.69) is 29.7 Å². The first-order chi connectivity index (χ1) is 15.4. The number of benzene rings is 2. The summed E-state index contributed by atoms with van der Waals surface area (Å²) in [5, 5.41) is 0. The summed E-state index contributed by atoms with van der Waals surface area (Å²) in [5.74, 6) is -0.192. The van der Waals surface area contributed by atoms with Crippen LogP contribution in [0.2, 0.25) is 0 Å². The van der Waals surface area contributed by atoms with Crippen LogP contribution in [0.15, 0.2) is 36.4 Å². The van der Waals surface area contributed by atoms with Gasteiger partial charge >= 0.3 is 6.18 Å². The number of aromatic nitrogens is 4. The van der Waals surface area contributed by atoms with E-state index >= 15 is 0 Å². The van der Waals surface area contributed by atoms with Crippen LogP contribution in [0.25, 0.3) is 22.1 Å². The molecule has 0 unspecified atom stereocenters. The summed E-state index contributed by atoms with van der Waals surface area (Å²) >= 11 is 5.10. The van der Waals surface area contributed by atoms with Gasteiger partial charge in [0.1, 0.15) is 17.9 Å². The zero-order valence-corrected chi connectivity index (χ0v) is 17.8. The van der Waals surface area contributed by atoms with Crippen LogP contribution in [0, 0.1) is 4.77 Å². The fourth-order valence-corrected chi connectivity index (χ4v) is 4.23. The van der Waals surface area contributed by atoms with E-state index < -0.39 is 12.0 Å². The standard InChI is InChI=1S/C21H21F3N6OS/c22-21(23,24)19-25-15-2-1-3-17(18(15)28-19)30-8-6-29(7-9-30)10-11-31-13-4-5-14-16(12-13)27-20(32)26-14/h1-5,12H,6-11H2,(H,25,28)(H2,26,27,32). The maximum Gasteiger partial charge on any atom is 0.449 e. The Balaban J connectivity index is 1.18. The molecular formula is C21H21F3N6OS. The number of fused-ring (bicyclic) bond motifs is 2. The lowest BCUT2D eigenvalue weighted by Crippen LogP contribution is -2.47. The highest BCUT2D eigenvalue weighted by molar-refractivity contribution is 7.71. The van der Waals surface area contributed by atoms with Gasteiger partial charge in [-0.3, -0.25) is 4.90 Å².